The average molecular weight is 262 g/mol. The molecule has 90 valence electrons. The summed E-state index contributed by atoms with van der Waals surface area (Å²) in [6.45, 7) is 0.433. The standard InChI is InChI=1S/C9H14N2O3S2/c1-15(12)7-6-11-9-8(16(2,13)14)4-3-5-10-9/h3-5H,6-7H2,1-2H3,(H,10,11). The van der Waals surface area contributed by atoms with Crippen LogP contribution in [0.3, 0.4) is 0 Å². The van der Waals surface area contributed by atoms with Crippen molar-refractivity contribution in [1.82, 2.24) is 4.98 Å². The van der Waals surface area contributed by atoms with E-state index in [2.05, 4.69) is 10.3 Å². The van der Waals surface area contributed by atoms with Gasteiger partial charge in [-0.15, -0.1) is 0 Å². The fourth-order valence-corrected chi connectivity index (χ4v) is 2.33. The second kappa shape index (κ2) is 5.40. The largest absolute Gasteiger partial charge is 0.368 e. The molecular formula is C9H14N2O3S2. The number of aromatic nitrogens is 1. The van der Waals surface area contributed by atoms with Crippen LogP contribution in [0.1, 0.15) is 0 Å². The lowest BCUT2D eigenvalue weighted by Crippen LogP contribution is -2.13. The summed E-state index contributed by atoms with van der Waals surface area (Å²) < 4.78 is 33.7. The summed E-state index contributed by atoms with van der Waals surface area (Å²) in [4.78, 5) is 4.12. The molecule has 1 aromatic rings. The van der Waals surface area contributed by atoms with E-state index in [4.69, 9.17) is 0 Å². The fourth-order valence-electron chi connectivity index (χ4n) is 1.14. The van der Waals surface area contributed by atoms with Crippen molar-refractivity contribution in [2.24, 2.45) is 0 Å². The maximum absolute atomic E-state index is 11.4. The molecule has 5 nitrogen and oxygen atoms in total. The van der Waals surface area contributed by atoms with Crippen LogP contribution in [0, 0.1) is 0 Å². The highest BCUT2D eigenvalue weighted by atomic mass is 32.2. The van der Waals surface area contributed by atoms with Crippen LogP contribution in [-0.2, 0) is 20.6 Å². The van der Waals surface area contributed by atoms with Crippen molar-refractivity contribution in [1.29, 1.82) is 0 Å². The van der Waals surface area contributed by atoms with E-state index in [0.29, 0.717) is 18.1 Å². The summed E-state index contributed by atoms with van der Waals surface area (Å²) in [5.41, 5.74) is 0. The van der Waals surface area contributed by atoms with Crippen LogP contribution in [0.2, 0.25) is 0 Å². The van der Waals surface area contributed by atoms with Crippen LogP contribution in [0.4, 0.5) is 5.82 Å². The first kappa shape index (κ1) is 13.1. The molecule has 0 aromatic carbocycles. The molecule has 0 aliphatic carbocycles. The van der Waals surface area contributed by atoms with Gasteiger partial charge in [-0.2, -0.15) is 0 Å². The molecule has 0 aliphatic rings. The van der Waals surface area contributed by atoms with E-state index >= 15 is 0 Å². The van der Waals surface area contributed by atoms with Crippen LogP contribution < -0.4 is 5.32 Å². The molecule has 1 unspecified atom stereocenters. The number of pyridine rings is 1. The minimum absolute atomic E-state index is 0.164. The normalized spacial score (nSPS) is 13.4. The first-order chi connectivity index (χ1) is 7.41. The van der Waals surface area contributed by atoms with Crippen molar-refractivity contribution in [3.8, 4) is 0 Å². The van der Waals surface area contributed by atoms with Crippen molar-refractivity contribution in [3.05, 3.63) is 18.3 Å². The van der Waals surface area contributed by atoms with Gasteiger partial charge in [0.05, 0.1) is 0 Å². The number of rotatable bonds is 5. The highest BCUT2D eigenvalue weighted by molar-refractivity contribution is 7.90. The van der Waals surface area contributed by atoms with Gasteiger partial charge in [0.2, 0.25) is 0 Å². The Labute approximate surface area is 97.7 Å². The van der Waals surface area contributed by atoms with E-state index in [1.165, 1.54) is 12.3 Å². The van der Waals surface area contributed by atoms with Crippen LogP contribution in [0.25, 0.3) is 0 Å². The van der Waals surface area contributed by atoms with Gasteiger partial charge in [0.15, 0.2) is 9.84 Å². The Bertz CT molecular complexity index is 485. The number of anilines is 1. The molecule has 0 saturated heterocycles. The maximum atomic E-state index is 11.4. The van der Waals surface area contributed by atoms with Crippen LogP contribution in [0.15, 0.2) is 23.2 Å². The lowest BCUT2D eigenvalue weighted by Gasteiger charge is -2.08. The van der Waals surface area contributed by atoms with Gasteiger partial charge < -0.3 is 5.32 Å². The average Bonchev–Trinajstić information content (AvgIpc) is 2.16. The molecule has 0 amide bonds. The number of sulfone groups is 1. The summed E-state index contributed by atoms with van der Waals surface area (Å²) in [5.74, 6) is 0.773. The van der Waals surface area contributed by atoms with Crippen LogP contribution in [0.5, 0.6) is 0 Å². The number of nitrogens with zero attached hydrogens (tertiary/aromatic N) is 1. The molecule has 0 aliphatic heterocycles. The highest BCUT2D eigenvalue weighted by Gasteiger charge is 2.13. The lowest BCUT2D eigenvalue weighted by molar-refractivity contribution is 0.602. The molecule has 0 fully saturated rings. The topological polar surface area (TPSA) is 76.1 Å². The minimum atomic E-state index is -3.28. The van der Waals surface area contributed by atoms with E-state index in [1.807, 2.05) is 0 Å². The molecule has 1 atom stereocenters. The second-order valence-corrected chi connectivity index (χ2v) is 6.87. The van der Waals surface area contributed by atoms with Gasteiger partial charge in [0.1, 0.15) is 10.7 Å². The predicted octanol–water partition coefficient (Wildman–Crippen LogP) is 0.275. The lowest BCUT2D eigenvalue weighted by atomic mass is 10.4. The Morgan fingerprint density at radius 1 is 1.50 bits per heavy atom. The van der Waals surface area contributed by atoms with Gasteiger partial charge >= 0.3 is 0 Å². The number of hydrogen-bond donors (Lipinski definition) is 1. The molecule has 1 heterocycles. The highest BCUT2D eigenvalue weighted by Crippen LogP contribution is 2.17. The van der Waals surface area contributed by atoms with Crippen LogP contribution >= 0.6 is 0 Å². The summed E-state index contributed by atoms with van der Waals surface area (Å²) >= 11 is 0. The molecule has 7 heteroatoms. The number of nitrogens with one attached hydrogen (secondary N) is 1. The minimum Gasteiger partial charge on any atom is -0.368 e. The molecule has 0 spiro atoms. The predicted molar refractivity (Wildman–Crippen MR) is 64.8 cm³/mol. The molecule has 1 aromatic heterocycles. The van der Waals surface area contributed by atoms with Crippen LogP contribution in [-0.4, -0.2) is 42.4 Å². The van der Waals surface area contributed by atoms with Gasteiger partial charge in [0, 0.05) is 41.8 Å². The van der Waals surface area contributed by atoms with Crippen molar-refractivity contribution in [2.45, 2.75) is 4.90 Å². The molecule has 0 bridgehead atoms. The third-order valence-electron chi connectivity index (χ3n) is 1.85. The maximum Gasteiger partial charge on any atom is 0.179 e. The van der Waals surface area contributed by atoms with Crippen molar-refractivity contribution in [3.63, 3.8) is 0 Å². The molecular weight excluding hydrogens is 248 g/mol. The smallest absolute Gasteiger partial charge is 0.179 e. The Hall–Kier alpha value is -0.950. The first-order valence-corrected chi connectivity index (χ1v) is 8.22. The van der Waals surface area contributed by atoms with Gasteiger partial charge in [-0.25, -0.2) is 13.4 Å². The van der Waals surface area contributed by atoms with Gasteiger partial charge in [-0.3, -0.25) is 4.21 Å². The monoisotopic (exact) mass is 262 g/mol. The third-order valence-corrected chi connectivity index (χ3v) is 3.76. The van der Waals surface area contributed by atoms with Crippen molar-refractivity contribution < 1.29 is 12.6 Å². The number of hydrogen-bond acceptors (Lipinski definition) is 5. The zero-order valence-corrected chi connectivity index (χ0v) is 10.8. The van der Waals surface area contributed by atoms with Gasteiger partial charge in [0.25, 0.3) is 0 Å². The fraction of sp³-hybridized carbons (Fsp3) is 0.444. The Morgan fingerprint density at radius 3 is 2.75 bits per heavy atom. The van der Waals surface area contributed by atoms with E-state index in [0.717, 1.165) is 6.26 Å². The van der Waals surface area contributed by atoms with E-state index in [9.17, 15) is 12.6 Å². The molecule has 0 saturated carbocycles. The first-order valence-electron chi connectivity index (χ1n) is 4.60. The summed E-state index contributed by atoms with van der Waals surface area (Å²) in [6.07, 6.45) is 4.24. The van der Waals surface area contributed by atoms with Crippen molar-refractivity contribution in [2.75, 3.05) is 30.1 Å². The SMILES string of the molecule is CS(=O)CCNc1ncccc1S(C)(=O)=O. The Balaban J connectivity index is 2.84. The molecule has 1 N–H and O–H groups in total. The van der Waals surface area contributed by atoms with Gasteiger partial charge in [-0.05, 0) is 12.1 Å². The van der Waals surface area contributed by atoms with E-state index in [1.54, 1.807) is 12.3 Å². The molecule has 1 rings (SSSR count). The van der Waals surface area contributed by atoms with E-state index in [-0.39, 0.29) is 4.90 Å². The zero-order chi connectivity index (χ0) is 12.2. The second-order valence-electron chi connectivity index (χ2n) is 3.33. The Kier molecular flexibility index (Phi) is 4.43. The van der Waals surface area contributed by atoms with E-state index < -0.39 is 20.6 Å². The molecule has 16 heavy (non-hydrogen) atoms. The summed E-state index contributed by atoms with van der Waals surface area (Å²) in [6, 6.07) is 3.06. The zero-order valence-electron chi connectivity index (χ0n) is 9.13. The summed E-state index contributed by atoms with van der Waals surface area (Å²) in [7, 11) is -4.19. The quantitative estimate of drug-likeness (QED) is 0.824. The van der Waals surface area contributed by atoms with Crippen molar-refractivity contribution >= 4 is 26.5 Å². The summed E-state index contributed by atoms with van der Waals surface area (Å²) in [5, 5.41) is 2.87. The molecule has 0 radical (unpaired) electrons. The Morgan fingerprint density at radius 2 is 2.19 bits per heavy atom. The third kappa shape index (κ3) is 3.90. The van der Waals surface area contributed by atoms with Gasteiger partial charge in [-0.1, -0.05) is 0 Å².